The van der Waals surface area contributed by atoms with E-state index >= 15 is 0 Å². The molecule has 1 saturated heterocycles. The van der Waals surface area contributed by atoms with E-state index in [9.17, 15) is 13.2 Å². The minimum absolute atomic E-state index is 0.168. The first-order valence-corrected chi connectivity index (χ1v) is 12.3. The molecule has 1 aliphatic heterocycles. The summed E-state index contributed by atoms with van der Waals surface area (Å²) in [5, 5.41) is 3.52. The lowest BCUT2D eigenvalue weighted by Crippen LogP contribution is -2.54. The third-order valence-electron chi connectivity index (χ3n) is 5.87. The minimum atomic E-state index is -4.40. The number of nitrogens with one attached hydrogen (secondary N) is 1. The maximum Gasteiger partial charge on any atom is 0.416 e. The first kappa shape index (κ1) is 25.2. The molecule has 11 heteroatoms. The Labute approximate surface area is 205 Å². The Hall–Kier alpha value is -2.89. The molecule has 2 heterocycles. The molecule has 2 aromatic carbocycles. The highest BCUT2D eigenvalue weighted by atomic mass is 28.1. The number of morpholine rings is 1. The molecule has 1 atom stereocenters. The maximum absolute atomic E-state index is 13.1. The SMILES string of the molecule is COc1cc2nc(C)nc(NCc3cccc(C(F)(F)F)c3)c2cc1OC[C@@]1([SiH3])CN(C)CCO1. The fourth-order valence-electron chi connectivity index (χ4n) is 4.16. The topological polar surface area (TPSA) is 68.7 Å². The molecular formula is C24H29F3N4O3Si. The number of anilines is 1. The van der Waals surface area contributed by atoms with Gasteiger partial charge in [-0.2, -0.15) is 13.2 Å². The van der Waals surface area contributed by atoms with Gasteiger partial charge in [-0.1, -0.05) is 12.1 Å². The van der Waals surface area contributed by atoms with E-state index in [1.807, 2.05) is 0 Å². The molecule has 0 amide bonds. The Morgan fingerprint density at radius 1 is 1.20 bits per heavy atom. The number of likely N-dealkylation sites (N-methyl/N-ethyl adjacent to an activating group) is 1. The van der Waals surface area contributed by atoms with Gasteiger partial charge in [-0.3, -0.25) is 0 Å². The number of benzene rings is 2. The van der Waals surface area contributed by atoms with Crippen LogP contribution in [0.3, 0.4) is 0 Å². The monoisotopic (exact) mass is 506 g/mol. The van der Waals surface area contributed by atoms with Crippen molar-refractivity contribution in [1.29, 1.82) is 0 Å². The largest absolute Gasteiger partial charge is 0.493 e. The van der Waals surface area contributed by atoms with Crippen LogP contribution in [-0.4, -0.2) is 70.8 Å². The van der Waals surface area contributed by atoms with Gasteiger partial charge in [0.25, 0.3) is 0 Å². The number of alkyl halides is 3. The van der Waals surface area contributed by atoms with E-state index in [1.54, 1.807) is 32.2 Å². The predicted octanol–water partition coefficient (Wildman–Crippen LogP) is 2.98. The molecule has 1 N–H and O–H groups in total. The summed E-state index contributed by atoms with van der Waals surface area (Å²) in [6.45, 7) is 4.65. The molecule has 0 aliphatic carbocycles. The lowest BCUT2D eigenvalue weighted by Gasteiger charge is -2.38. The van der Waals surface area contributed by atoms with Crippen molar-refractivity contribution in [3.8, 4) is 11.5 Å². The molecule has 7 nitrogen and oxygen atoms in total. The number of hydrogen-bond donors (Lipinski definition) is 1. The molecule has 0 bridgehead atoms. The Morgan fingerprint density at radius 3 is 2.71 bits per heavy atom. The Bertz CT molecular complexity index is 1210. The standard InChI is InChI=1S/C24H29F3N4O3Si/c1-15-29-19-11-20(32-3)21(33-14-23(35)13-31(2)7-8-34-23)10-18(19)22(30-15)28-12-16-5-4-6-17(9-16)24(25,26)27/h4-6,9-11H,7-8,12-14H2,1-3,35H3,(H,28,29,30)/t23-/m0/s1. The van der Waals surface area contributed by atoms with Gasteiger partial charge in [-0.05, 0) is 37.7 Å². The zero-order valence-electron chi connectivity index (χ0n) is 20.2. The van der Waals surface area contributed by atoms with Crippen LogP contribution in [0, 0.1) is 6.92 Å². The molecule has 0 saturated carbocycles. The van der Waals surface area contributed by atoms with Crippen LogP contribution in [0.1, 0.15) is 17.0 Å². The summed E-state index contributed by atoms with van der Waals surface area (Å²) in [6.07, 6.45) is -4.40. The Kier molecular flexibility index (Phi) is 7.20. The van der Waals surface area contributed by atoms with Crippen LogP contribution in [0.25, 0.3) is 10.9 Å². The van der Waals surface area contributed by atoms with Gasteiger partial charge in [0, 0.05) is 41.3 Å². The second-order valence-corrected chi connectivity index (χ2v) is 10.8. The van der Waals surface area contributed by atoms with Crippen LogP contribution in [0.2, 0.25) is 0 Å². The molecule has 35 heavy (non-hydrogen) atoms. The van der Waals surface area contributed by atoms with E-state index in [1.165, 1.54) is 6.07 Å². The molecular weight excluding hydrogens is 477 g/mol. The summed E-state index contributed by atoms with van der Waals surface area (Å²) in [5.74, 6) is 2.10. The Balaban J connectivity index is 1.60. The van der Waals surface area contributed by atoms with E-state index in [0.717, 1.165) is 35.5 Å². The number of rotatable bonds is 7. The number of aromatic nitrogens is 2. The summed E-state index contributed by atoms with van der Waals surface area (Å²) >= 11 is 0. The smallest absolute Gasteiger partial charge is 0.416 e. The first-order valence-electron chi connectivity index (χ1n) is 11.3. The van der Waals surface area contributed by atoms with Crippen molar-refractivity contribution in [1.82, 2.24) is 14.9 Å². The zero-order chi connectivity index (χ0) is 25.2. The highest BCUT2D eigenvalue weighted by molar-refractivity contribution is 6.15. The third kappa shape index (κ3) is 6.03. The van der Waals surface area contributed by atoms with Crippen molar-refractivity contribution >= 4 is 27.0 Å². The molecule has 0 radical (unpaired) electrons. The van der Waals surface area contributed by atoms with E-state index in [-0.39, 0.29) is 11.8 Å². The van der Waals surface area contributed by atoms with Crippen molar-refractivity contribution in [2.45, 2.75) is 24.9 Å². The molecule has 1 fully saturated rings. The molecule has 3 aromatic rings. The average molecular weight is 507 g/mol. The second-order valence-electron chi connectivity index (χ2n) is 9.02. The van der Waals surface area contributed by atoms with Crippen molar-refractivity contribution in [2.75, 3.05) is 45.8 Å². The maximum atomic E-state index is 13.1. The van der Waals surface area contributed by atoms with Crippen molar-refractivity contribution < 1.29 is 27.4 Å². The normalized spacial score (nSPS) is 19.1. The second kappa shape index (κ2) is 10.00. The van der Waals surface area contributed by atoms with Crippen molar-refractivity contribution in [2.24, 2.45) is 0 Å². The van der Waals surface area contributed by atoms with Crippen LogP contribution in [0.4, 0.5) is 19.0 Å². The molecule has 0 spiro atoms. The number of methoxy groups -OCH3 is 1. The zero-order valence-corrected chi connectivity index (χ0v) is 22.2. The summed E-state index contributed by atoms with van der Waals surface area (Å²) in [6, 6.07) is 8.81. The van der Waals surface area contributed by atoms with E-state index in [4.69, 9.17) is 14.2 Å². The molecule has 1 aromatic heterocycles. The number of aryl methyl sites for hydroxylation is 1. The quantitative estimate of drug-likeness (QED) is 0.494. The number of fused-ring (bicyclic) bond motifs is 1. The van der Waals surface area contributed by atoms with Gasteiger partial charge in [0.05, 0.1) is 30.0 Å². The van der Waals surface area contributed by atoms with Crippen molar-refractivity contribution in [3.05, 3.63) is 53.3 Å². The fourth-order valence-corrected chi connectivity index (χ4v) is 5.05. The van der Waals surface area contributed by atoms with Gasteiger partial charge in [0.1, 0.15) is 18.2 Å². The van der Waals surface area contributed by atoms with Crippen LogP contribution in [-0.2, 0) is 17.5 Å². The highest BCUT2D eigenvalue weighted by Crippen LogP contribution is 2.35. The van der Waals surface area contributed by atoms with Gasteiger partial charge in [0.2, 0.25) is 0 Å². The average Bonchev–Trinajstić information content (AvgIpc) is 2.80. The summed E-state index contributed by atoms with van der Waals surface area (Å²) in [4.78, 5) is 11.2. The fraction of sp³-hybridized carbons (Fsp3) is 0.417. The van der Waals surface area contributed by atoms with Crippen molar-refractivity contribution in [3.63, 3.8) is 0 Å². The number of ether oxygens (including phenoxy) is 3. The van der Waals surface area contributed by atoms with Crippen LogP contribution < -0.4 is 14.8 Å². The van der Waals surface area contributed by atoms with Crippen LogP contribution in [0.15, 0.2) is 36.4 Å². The number of hydrogen-bond acceptors (Lipinski definition) is 7. The molecule has 1 aliphatic rings. The van der Waals surface area contributed by atoms with E-state index in [0.29, 0.717) is 52.8 Å². The number of halogens is 3. The molecule has 4 rings (SSSR count). The first-order chi connectivity index (χ1) is 16.6. The van der Waals surface area contributed by atoms with Gasteiger partial charge in [-0.25, -0.2) is 9.97 Å². The molecule has 188 valence electrons. The molecule has 0 unspecified atom stereocenters. The highest BCUT2D eigenvalue weighted by Gasteiger charge is 2.32. The summed E-state index contributed by atoms with van der Waals surface area (Å²) in [5.41, 5.74) is 0.446. The van der Waals surface area contributed by atoms with Gasteiger partial charge >= 0.3 is 6.18 Å². The Morgan fingerprint density at radius 2 is 2.00 bits per heavy atom. The third-order valence-corrected chi connectivity index (χ3v) is 6.76. The lowest BCUT2D eigenvalue weighted by molar-refractivity contribution is -0.137. The summed E-state index contributed by atoms with van der Waals surface area (Å²) in [7, 11) is 4.42. The van der Waals surface area contributed by atoms with Gasteiger partial charge in [-0.15, -0.1) is 0 Å². The van der Waals surface area contributed by atoms with Gasteiger partial charge < -0.3 is 24.4 Å². The predicted molar refractivity (Wildman–Crippen MR) is 131 cm³/mol. The summed E-state index contributed by atoms with van der Waals surface area (Å²) < 4.78 is 57.0. The van der Waals surface area contributed by atoms with Gasteiger partial charge in [0.15, 0.2) is 11.5 Å². The number of nitrogens with zero attached hydrogens (tertiary/aromatic N) is 3. The van der Waals surface area contributed by atoms with Crippen LogP contribution >= 0.6 is 0 Å². The van der Waals surface area contributed by atoms with E-state index in [2.05, 4.69) is 27.2 Å². The van der Waals surface area contributed by atoms with E-state index < -0.39 is 11.7 Å². The van der Waals surface area contributed by atoms with Crippen LogP contribution in [0.5, 0.6) is 11.5 Å². The lowest BCUT2D eigenvalue weighted by atomic mass is 10.1. The minimum Gasteiger partial charge on any atom is -0.493 e.